The molecule has 0 spiro atoms. The maximum absolute atomic E-state index is 13.6. The first kappa shape index (κ1) is 26.6. The lowest BCUT2D eigenvalue weighted by atomic mass is 10.0. The highest BCUT2D eigenvalue weighted by atomic mass is 35.5. The van der Waals surface area contributed by atoms with Gasteiger partial charge in [-0.25, -0.2) is 0 Å². The third-order valence-corrected chi connectivity index (χ3v) is 6.18. The Bertz CT molecular complexity index is 1110. The van der Waals surface area contributed by atoms with Crippen LogP contribution in [0.15, 0.2) is 72.8 Å². The highest BCUT2D eigenvalue weighted by Crippen LogP contribution is 2.27. The molecule has 3 aromatic carbocycles. The molecule has 0 saturated carbocycles. The van der Waals surface area contributed by atoms with Gasteiger partial charge >= 0.3 is 0 Å². The smallest absolute Gasteiger partial charge is 0.261 e. The molecule has 0 unspecified atom stereocenters. The van der Waals surface area contributed by atoms with E-state index in [1.165, 1.54) is 4.90 Å². The normalized spacial score (nSPS) is 11.7. The second kappa shape index (κ2) is 12.6. The van der Waals surface area contributed by atoms with Crippen molar-refractivity contribution >= 4 is 35.0 Å². The predicted molar refractivity (Wildman–Crippen MR) is 141 cm³/mol. The van der Waals surface area contributed by atoms with Gasteiger partial charge in [-0.2, -0.15) is 0 Å². The molecule has 0 radical (unpaired) electrons. The van der Waals surface area contributed by atoms with Crippen LogP contribution in [-0.2, 0) is 22.6 Å². The summed E-state index contributed by atoms with van der Waals surface area (Å²) in [6.07, 6.45) is 0.331. The molecule has 7 heteroatoms. The van der Waals surface area contributed by atoms with E-state index in [0.29, 0.717) is 27.8 Å². The molecule has 1 atom stereocenters. The molecule has 1 N–H and O–H groups in total. The van der Waals surface area contributed by atoms with Gasteiger partial charge in [0.1, 0.15) is 11.8 Å². The van der Waals surface area contributed by atoms with Gasteiger partial charge in [0.2, 0.25) is 5.91 Å². The highest BCUT2D eigenvalue weighted by molar-refractivity contribution is 6.36. The molecular weight excluding hydrogens is 483 g/mol. The molecule has 184 valence electrons. The number of amides is 2. The van der Waals surface area contributed by atoms with E-state index in [0.717, 1.165) is 11.1 Å². The van der Waals surface area contributed by atoms with Gasteiger partial charge in [0.05, 0.1) is 0 Å². The molecule has 2 amide bonds. The van der Waals surface area contributed by atoms with E-state index in [4.69, 9.17) is 27.9 Å². The monoisotopic (exact) mass is 512 g/mol. The van der Waals surface area contributed by atoms with Crippen LogP contribution < -0.4 is 10.1 Å². The van der Waals surface area contributed by atoms with Crippen molar-refractivity contribution in [1.29, 1.82) is 0 Å². The number of nitrogens with one attached hydrogen (secondary N) is 1. The summed E-state index contributed by atoms with van der Waals surface area (Å²) in [6, 6.07) is 21.3. The number of benzene rings is 3. The molecule has 5 nitrogen and oxygen atoms in total. The number of hydrogen-bond acceptors (Lipinski definition) is 3. The summed E-state index contributed by atoms with van der Waals surface area (Å²) in [4.78, 5) is 28.4. The van der Waals surface area contributed by atoms with E-state index in [-0.39, 0.29) is 31.0 Å². The average molecular weight is 513 g/mol. The number of aryl methyl sites for hydroxylation is 1. The van der Waals surface area contributed by atoms with E-state index in [2.05, 4.69) is 5.32 Å². The Morgan fingerprint density at radius 3 is 2.14 bits per heavy atom. The zero-order valence-electron chi connectivity index (χ0n) is 20.1. The summed E-state index contributed by atoms with van der Waals surface area (Å²) >= 11 is 12.9. The first-order valence-electron chi connectivity index (χ1n) is 11.5. The number of rotatable bonds is 10. The molecule has 3 aromatic rings. The number of ether oxygens (including phenoxy) is 1. The topological polar surface area (TPSA) is 58.6 Å². The minimum absolute atomic E-state index is 0.0671. The highest BCUT2D eigenvalue weighted by Gasteiger charge is 2.32. The van der Waals surface area contributed by atoms with Crippen molar-refractivity contribution in [3.63, 3.8) is 0 Å². The Balaban J connectivity index is 1.95. The van der Waals surface area contributed by atoms with Gasteiger partial charge in [-0.3, -0.25) is 9.59 Å². The number of carbonyl (C=O) groups is 2. The fraction of sp³-hybridized carbons (Fsp3) is 0.286. The molecule has 0 aromatic heterocycles. The molecule has 0 aliphatic rings. The zero-order chi connectivity index (χ0) is 25.4. The number of halogens is 2. The van der Waals surface area contributed by atoms with Crippen molar-refractivity contribution in [3.05, 3.63) is 99.5 Å². The minimum atomic E-state index is -0.791. The van der Waals surface area contributed by atoms with Crippen LogP contribution in [0, 0.1) is 6.92 Å². The maximum atomic E-state index is 13.6. The fourth-order valence-electron chi connectivity index (χ4n) is 3.65. The van der Waals surface area contributed by atoms with Crippen LogP contribution in [0.2, 0.25) is 10.0 Å². The molecule has 0 bridgehead atoms. The third kappa shape index (κ3) is 7.74. The van der Waals surface area contributed by atoms with Gasteiger partial charge < -0.3 is 15.0 Å². The van der Waals surface area contributed by atoms with Crippen molar-refractivity contribution in [2.24, 2.45) is 0 Å². The van der Waals surface area contributed by atoms with Crippen LogP contribution >= 0.6 is 23.2 Å². The zero-order valence-corrected chi connectivity index (χ0v) is 21.6. The molecule has 0 saturated heterocycles. The lowest BCUT2D eigenvalue weighted by Crippen LogP contribution is -2.52. The largest absolute Gasteiger partial charge is 0.484 e. The van der Waals surface area contributed by atoms with Crippen molar-refractivity contribution in [1.82, 2.24) is 10.2 Å². The van der Waals surface area contributed by atoms with Crippen molar-refractivity contribution in [3.8, 4) is 5.75 Å². The second-order valence-corrected chi connectivity index (χ2v) is 9.51. The minimum Gasteiger partial charge on any atom is -0.484 e. The quantitative estimate of drug-likeness (QED) is 0.370. The fourth-order valence-corrected chi connectivity index (χ4v) is 4.17. The Labute approximate surface area is 217 Å². The summed E-state index contributed by atoms with van der Waals surface area (Å²) in [5.74, 6) is -0.0250. The molecule has 3 rings (SSSR count). The van der Waals surface area contributed by atoms with E-state index < -0.39 is 6.04 Å². The summed E-state index contributed by atoms with van der Waals surface area (Å²) in [7, 11) is 0. The maximum Gasteiger partial charge on any atom is 0.261 e. The van der Waals surface area contributed by atoms with Crippen LogP contribution in [0.25, 0.3) is 0 Å². The van der Waals surface area contributed by atoms with Gasteiger partial charge in [-0.1, -0.05) is 77.3 Å². The summed E-state index contributed by atoms with van der Waals surface area (Å²) < 4.78 is 5.77. The molecular formula is C28H30Cl2N2O3. The first-order chi connectivity index (χ1) is 16.7. The van der Waals surface area contributed by atoms with Gasteiger partial charge in [-0.05, 0) is 50.6 Å². The average Bonchev–Trinajstić information content (AvgIpc) is 2.82. The van der Waals surface area contributed by atoms with E-state index >= 15 is 0 Å². The van der Waals surface area contributed by atoms with E-state index in [9.17, 15) is 9.59 Å². The summed E-state index contributed by atoms with van der Waals surface area (Å²) in [6.45, 7) is 5.58. The lowest BCUT2D eigenvalue weighted by molar-refractivity contribution is -0.143. The number of hydrogen-bond donors (Lipinski definition) is 1. The number of nitrogens with zero attached hydrogens (tertiary/aromatic N) is 1. The van der Waals surface area contributed by atoms with Crippen LogP contribution in [0.5, 0.6) is 5.75 Å². The van der Waals surface area contributed by atoms with Gasteiger partial charge in [0.25, 0.3) is 5.91 Å². The Kier molecular flexibility index (Phi) is 9.58. The van der Waals surface area contributed by atoms with Crippen molar-refractivity contribution in [2.75, 3.05) is 6.61 Å². The molecule has 0 heterocycles. The van der Waals surface area contributed by atoms with Crippen molar-refractivity contribution in [2.45, 2.75) is 45.8 Å². The summed E-state index contributed by atoms with van der Waals surface area (Å²) in [5, 5.41) is 3.81. The Morgan fingerprint density at radius 2 is 1.54 bits per heavy atom. The van der Waals surface area contributed by atoms with Gasteiger partial charge in [0, 0.05) is 34.6 Å². The van der Waals surface area contributed by atoms with E-state index in [1.54, 1.807) is 18.2 Å². The first-order valence-corrected chi connectivity index (χ1v) is 12.3. The molecule has 0 aliphatic carbocycles. The molecule has 0 fully saturated rings. The molecule has 0 aliphatic heterocycles. The Morgan fingerprint density at radius 1 is 0.914 bits per heavy atom. The van der Waals surface area contributed by atoms with E-state index in [1.807, 2.05) is 75.4 Å². The SMILES string of the molecule is Cc1ccc(OCC(=O)N(Cc2c(Cl)cccc2Cl)[C@@H](Cc2ccccc2)C(=O)NC(C)C)cc1. The number of carbonyl (C=O) groups excluding carboxylic acids is 2. The van der Waals surface area contributed by atoms with Crippen LogP contribution in [0.4, 0.5) is 0 Å². The van der Waals surface area contributed by atoms with Crippen LogP contribution in [0.1, 0.15) is 30.5 Å². The van der Waals surface area contributed by atoms with Crippen molar-refractivity contribution < 1.29 is 14.3 Å². The summed E-state index contributed by atoms with van der Waals surface area (Å²) in [5.41, 5.74) is 2.60. The third-order valence-electron chi connectivity index (χ3n) is 5.48. The predicted octanol–water partition coefficient (Wildman–Crippen LogP) is 5.85. The lowest BCUT2D eigenvalue weighted by Gasteiger charge is -2.32. The van der Waals surface area contributed by atoms with Gasteiger partial charge in [-0.15, -0.1) is 0 Å². The van der Waals surface area contributed by atoms with Crippen LogP contribution in [0.3, 0.4) is 0 Å². The van der Waals surface area contributed by atoms with Gasteiger partial charge in [0.15, 0.2) is 6.61 Å². The second-order valence-electron chi connectivity index (χ2n) is 8.69. The standard InChI is InChI=1S/C28H30Cl2N2O3/c1-19(2)31-28(34)26(16-21-8-5-4-6-9-21)32(17-23-24(29)10-7-11-25(23)30)27(33)18-35-22-14-12-20(3)13-15-22/h4-15,19,26H,16-18H2,1-3H3,(H,31,34)/t26-/m0/s1. The van der Waals surface area contributed by atoms with Crippen LogP contribution in [-0.4, -0.2) is 35.4 Å². The Hall–Kier alpha value is -3.02. The molecule has 35 heavy (non-hydrogen) atoms.